The van der Waals surface area contributed by atoms with Crippen molar-refractivity contribution in [1.29, 1.82) is 0 Å². The van der Waals surface area contributed by atoms with Gasteiger partial charge >= 0.3 is 6.09 Å². The minimum absolute atomic E-state index is 0.0329. The van der Waals surface area contributed by atoms with Crippen LogP contribution in [0.2, 0.25) is 0 Å². The Morgan fingerprint density at radius 2 is 1.96 bits per heavy atom. The van der Waals surface area contributed by atoms with Gasteiger partial charge in [-0.3, -0.25) is 4.68 Å². The molecule has 1 saturated heterocycles. The first-order valence-corrected chi connectivity index (χ1v) is 9.38. The molecule has 1 aromatic carbocycles. The lowest BCUT2D eigenvalue weighted by Gasteiger charge is -2.39. The maximum absolute atomic E-state index is 12.7. The summed E-state index contributed by atoms with van der Waals surface area (Å²) in [6, 6.07) is 10.3. The maximum atomic E-state index is 12.7. The molecule has 0 radical (unpaired) electrons. The van der Waals surface area contributed by atoms with E-state index in [4.69, 9.17) is 4.74 Å². The normalized spacial score (nSPS) is 20.8. The van der Waals surface area contributed by atoms with Gasteiger partial charge in [-0.25, -0.2) is 4.79 Å². The topological polar surface area (TPSA) is 47.4 Å². The average molecular weight is 355 g/mol. The van der Waals surface area contributed by atoms with Crippen LogP contribution in [-0.4, -0.2) is 32.9 Å². The van der Waals surface area contributed by atoms with Crippen LogP contribution in [0.1, 0.15) is 57.7 Å². The van der Waals surface area contributed by atoms with Crippen molar-refractivity contribution in [1.82, 2.24) is 14.7 Å². The van der Waals surface area contributed by atoms with E-state index >= 15 is 0 Å². The smallest absolute Gasteiger partial charge is 0.410 e. The highest BCUT2D eigenvalue weighted by molar-refractivity contribution is 5.69. The summed E-state index contributed by atoms with van der Waals surface area (Å²) in [6.07, 6.45) is 5.77. The summed E-state index contributed by atoms with van der Waals surface area (Å²) < 4.78 is 7.58. The summed E-state index contributed by atoms with van der Waals surface area (Å²) >= 11 is 0. The van der Waals surface area contributed by atoms with Gasteiger partial charge in [0, 0.05) is 18.3 Å². The predicted octanol–water partition coefficient (Wildman–Crippen LogP) is 4.64. The van der Waals surface area contributed by atoms with E-state index < -0.39 is 5.60 Å². The van der Waals surface area contributed by atoms with E-state index in [-0.39, 0.29) is 12.1 Å². The highest BCUT2D eigenvalue weighted by Crippen LogP contribution is 2.34. The lowest BCUT2D eigenvalue weighted by Crippen LogP contribution is -2.44. The van der Waals surface area contributed by atoms with Gasteiger partial charge in [-0.2, -0.15) is 5.10 Å². The Hall–Kier alpha value is -2.30. The van der Waals surface area contributed by atoms with Crippen molar-refractivity contribution in [2.75, 3.05) is 6.54 Å². The molecule has 0 N–H and O–H groups in total. The molecule has 1 amide bonds. The average Bonchev–Trinajstić information content (AvgIpc) is 3.02. The molecule has 3 rings (SSSR count). The molecule has 5 heteroatoms. The molecule has 1 aromatic heterocycles. The fourth-order valence-electron chi connectivity index (χ4n) is 3.43. The fraction of sp³-hybridized carbons (Fsp3) is 0.524. The van der Waals surface area contributed by atoms with Crippen LogP contribution in [0.25, 0.3) is 0 Å². The number of carbonyl (C=O) groups is 1. The lowest BCUT2D eigenvalue weighted by molar-refractivity contribution is 0.00363. The largest absolute Gasteiger partial charge is 0.444 e. The second-order valence-electron chi connectivity index (χ2n) is 8.29. The molecule has 0 aliphatic carbocycles. The molecule has 0 bridgehead atoms. The van der Waals surface area contributed by atoms with E-state index in [1.807, 2.05) is 54.7 Å². The molecule has 0 spiro atoms. The van der Waals surface area contributed by atoms with E-state index in [0.717, 1.165) is 31.5 Å². The Labute approximate surface area is 156 Å². The van der Waals surface area contributed by atoms with Gasteiger partial charge in [-0.15, -0.1) is 0 Å². The molecule has 140 valence electrons. The summed E-state index contributed by atoms with van der Waals surface area (Å²) in [4.78, 5) is 14.6. The minimum Gasteiger partial charge on any atom is -0.444 e. The van der Waals surface area contributed by atoms with Crippen LogP contribution in [0.15, 0.2) is 42.7 Å². The first-order valence-electron chi connectivity index (χ1n) is 9.38. The predicted molar refractivity (Wildman–Crippen MR) is 102 cm³/mol. The van der Waals surface area contributed by atoms with E-state index in [9.17, 15) is 4.79 Å². The molecular weight excluding hydrogens is 326 g/mol. The van der Waals surface area contributed by atoms with Crippen LogP contribution < -0.4 is 0 Å². The number of rotatable bonds is 3. The standard InChI is InChI=1S/C21H29N3O2/c1-16-10-11-19(24(13-16)20(25)26-21(2,3)4)18-12-22-23(15-18)14-17-8-6-5-7-9-17/h5-9,12,15-16,19H,10-11,13-14H2,1-4H3/t16-,19+/m0/s1. The monoisotopic (exact) mass is 355 g/mol. The summed E-state index contributed by atoms with van der Waals surface area (Å²) in [5, 5.41) is 4.51. The minimum atomic E-state index is -0.486. The summed E-state index contributed by atoms with van der Waals surface area (Å²) in [5.41, 5.74) is 1.81. The van der Waals surface area contributed by atoms with Crippen molar-refractivity contribution in [3.8, 4) is 0 Å². The summed E-state index contributed by atoms with van der Waals surface area (Å²) in [6.45, 7) is 9.37. The summed E-state index contributed by atoms with van der Waals surface area (Å²) in [5.74, 6) is 0.484. The number of hydrogen-bond acceptors (Lipinski definition) is 3. The Kier molecular flexibility index (Phi) is 5.35. The quantitative estimate of drug-likeness (QED) is 0.806. The Morgan fingerprint density at radius 3 is 2.65 bits per heavy atom. The molecule has 0 saturated carbocycles. The Balaban J connectivity index is 1.76. The molecular formula is C21H29N3O2. The maximum Gasteiger partial charge on any atom is 0.410 e. The van der Waals surface area contributed by atoms with Crippen LogP contribution in [0, 0.1) is 5.92 Å². The third-order valence-corrected chi connectivity index (χ3v) is 4.67. The molecule has 5 nitrogen and oxygen atoms in total. The first-order chi connectivity index (χ1) is 12.3. The SMILES string of the molecule is C[C@H]1CC[C@H](c2cnn(Cc3ccccc3)c2)N(C(=O)OC(C)(C)C)C1. The van der Waals surface area contributed by atoms with Crippen molar-refractivity contribution in [3.05, 3.63) is 53.9 Å². The van der Waals surface area contributed by atoms with Gasteiger partial charge in [0.05, 0.1) is 18.8 Å². The zero-order chi connectivity index (χ0) is 18.7. The Morgan fingerprint density at radius 1 is 1.23 bits per heavy atom. The zero-order valence-electron chi connectivity index (χ0n) is 16.2. The van der Waals surface area contributed by atoms with Gasteiger partial charge < -0.3 is 9.64 Å². The highest BCUT2D eigenvalue weighted by atomic mass is 16.6. The number of amides is 1. The highest BCUT2D eigenvalue weighted by Gasteiger charge is 2.34. The third-order valence-electron chi connectivity index (χ3n) is 4.67. The van der Waals surface area contributed by atoms with E-state index in [1.54, 1.807) is 0 Å². The van der Waals surface area contributed by atoms with Crippen molar-refractivity contribution in [3.63, 3.8) is 0 Å². The van der Waals surface area contributed by atoms with Crippen molar-refractivity contribution in [2.45, 2.75) is 58.7 Å². The third kappa shape index (κ3) is 4.65. The molecule has 2 aromatic rings. The molecule has 2 heterocycles. The van der Waals surface area contributed by atoms with Gasteiger partial charge in [0.2, 0.25) is 0 Å². The molecule has 1 fully saturated rings. The number of aromatic nitrogens is 2. The van der Waals surface area contributed by atoms with E-state index in [1.165, 1.54) is 5.56 Å². The van der Waals surface area contributed by atoms with Crippen LogP contribution >= 0.6 is 0 Å². The van der Waals surface area contributed by atoms with Gasteiger partial charge in [0.25, 0.3) is 0 Å². The number of carbonyl (C=O) groups excluding carboxylic acids is 1. The number of nitrogens with zero attached hydrogens (tertiary/aromatic N) is 3. The van der Waals surface area contributed by atoms with Crippen LogP contribution in [-0.2, 0) is 11.3 Å². The first kappa shape index (κ1) is 18.5. The van der Waals surface area contributed by atoms with Crippen molar-refractivity contribution < 1.29 is 9.53 Å². The zero-order valence-corrected chi connectivity index (χ0v) is 16.2. The molecule has 1 aliphatic rings. The van der Waals surface area contributed by atoms with Crippen molar-refractivity contribution >= 4 is 6.09 Å². The van der Waals surface area contributed by atoms with Crippen LogP contribution in [0.3, 0.4) is 0 Å². The lowest BCUT2D eigenvalue weighted by atomic mass is 9.91. The van der Waals surface area contributed by atoms with Gasteiger partial charge in [-0.05, 0) is 45.1 Å². The number of ether oxygens (including phenoxy) is 1. The van der Waals surface area contributed by atoms with E-state index in [0.29, 0.717) is 5.92 Å². The fourth-order valence-corrected chi connectivity index (χ4v) is 3.43. The Bertz CT molecular complexity index is 733. The van der Waals surface area contributed by atoms with Crippen molar-refractivity contribution in [2.24, 2.45) is 5.92 Å². The second-order valence-corrected chi connectivity index (χ2v) is 8.29. The van der Waals surface area contributed by atoms with Gasteiger partial charge in [0.15, 0.2) is 0 Å². The van der Waals surface area contributed by atoms with Crippen LogP contribution in [0.5, 0.6) is 0 Å². The molecule has 26 heavy (non-hydrogen) atoms. The number of hydrogen-bond donors (Lipinski definition) is 0. The van der Waals surface area contributed by atoms with Gasteiger partial charge in [-0.1, -0.05) is 37.3 Å². The van der Waals surface area contributed by atoms with Gasteiger partial charge in [0.1, 0.15) is 5.60 Å². The number of benzene rings is 1. The number of piperidine rings is 1. The van der Waals surface area contributed by atoms with Crippen LogP contribution in [0.4, 0.5) is 4.79 Å². The van der Waals surface area contributed by atoms with E-state index in [2.05, 4.69) is 30.4 Å². The molecule has 2 atom stereocenters. The second kappa shape index (κ2) is 7.52. The number of likely N-dealkylation sites (tertiary alicyclic amines) is 1. The summed E-state index contributed by atoms with van der Waals surface area (Å²) in [7, 11) is 0. The molecule has 0 unspecified atom stereocenters. The molecule has 1 aliphatic heterocycles.